The molecule has 0 aromatic carbocycles. The average molecular weight is 197 g/mol. The van der Waals surface area contributed by atoms with Crippen LogP contribution in [0, 0.1) is 0 Å². The van der Waals surface area contributed by atoms with Gasteiger partial charge in [0.1, 0.15) is 0 Å². The first-order valence-corrected chi connectivity index (χ1v) is 5.20. The summed E-state index contributed by atoms with van der Waals surface area (Å²) in [5, 5.41) is 1.49. The molecule has 1 fully saturated rings. The van der Waals surface area contributed by atoms with E-state index in [4.69, 9.17) is 4.84 Å². The molecule has 0 bridgehead atoms. The Balaban J connectivity index is 2.59. The maximum absolute atomic E-state index is 11.7. The molecule has 0 aliphatic heterocycles. The Morgan fingerprint density at radius 1 is 1.36 bits per heavy atom. The number of nitrogens with zero attached hydrogens (tertiary/aromatic N) is 1. The average Bonchev–Trinajstić information content (AvgIpc) is 2.20. The van der Waals surface area contributed by atoms with Crippen LogP contribution in [0.1, 0.15) is 39.0 Å². The van der Waals surface area contributed by atoms with E-state index in [1.165, 1.54) is 24.3 Å². The summed E-state index contributed by atoms with van der Waals surface area (Å²) in [5.41, 5.74) is 0.539. The van der Waals surface area contributed by atoms with Crippen molar-refractivity contribution in [2.45, 2.75) is 45.1 Å². The highest BCUT2D eigenvalue weighted by Crippen LogP contribution is 2.23. The van der Waals surface area contributed by atoms with E-state index in [1.54, 1.807) is 14.0 Å². The van der Waals surface area contributed by atoms with Gasteiger partial charge in [-0.2, -0.15) is 0 Å². The van der Waals surface area contributed by atoms with Crippen LogP contribution in [0.5, 0.6) is 0 Å². The van der Waals surface area contributed by atoms with Crippen molar-refractivity contribution < 1.29 is 9.63 Å². The smallest absolute Gasteiger partial charge is 0.272 e. The lowest BCUT2D eigenvalue weighted by atomic mass is 9.95. The van der Waals surface area contributed by atoms with E-state index in [1.807, 2.05) is 0 Å². The molecule has 14 heavy (non-hydrogen) atoms. The van der Waals surface area contributed by atoms with Gasteiger partial charge < -0.3 is 0 Å². The number of hydrogen-bond acceptors (Lipinski definition) is 2. The fourth-order valence-corrected chi connectivity index (χ4v) is 1.90. The topological polar surface area (TPSA) is 29.5 Å². The van der Waals surface area contributed by atoms with Gasteiger partial charge in [-0.05, 0) is 19.8 Å². The minimum absolute atomic E-state index is 0.0839. The van der Waals surface area contributed by atoms with Gasteiger partial charge in [0.25, 0.3) is 5.91 Å². The molecule has 0 atom stereocenters. The molecule has 80 valence electrons. The highest BCUT2D eigenvalue weighted by atomic mass is 16.7. The SMILES string of the molecule is C=C(C)C(=O)N(OC)C1CCCCC1. The highest BCUT2D eigenvalue weighted by molar-refractivity contribution is 5.91. The molecule has 0 N–H and O–H groups in total. The summed E-state index contributed by atoms with van der Waals surface area (Å²) in [6.07, 6.45) is 5.75. The second kappa shape index (κ2) is 5.15. The van der Waals surface area contributed by atoms with Crippen molar-refractivity contribution >= 4 is 5.91 Å². The van der Waals surface area contributed by atoms with Crippen LogP contribution in [0.2, 0.25) is 0 Å². The summed E-state index contributed by atoms with van der Waals surface area (Å²) in [7, 11) is 1.55. The van der Waals surface area contributed by atoms with Crippen LogP contribution in [-0.2, 0) is 9.63 Å². The van der Waals surface area contributed by atoms with E-state index in [0.717, 1.165) is 12.8 Å². The summed E-state index contributed by atoms with van der Waals surface area (Å²) in [6.45, 7) is 5.37. The summed E-state index contributed by atoms with van der Waals surface area (Å²) >= 11 is 0. The van der Waals surface area contributed by atoms with Crippen LogP contribution in [0.3, 0.4) is 0 Å². The Hall–Kier alpha value is -0.830. The zero-order valence-electron chi connectivity index (χ0n) is 9.08. The normalized spacial score (nSPS) is 17.9. The molecule has 3 heteroatoms. The van der Waals surface area contributed by atoms with Gasteiger partial charge in [0.05, 0.1) is 13.2 Å². The number of rotatable bonds is 3. The van der Waals surface area contributed by atoms with Crippen LogP contribution in [0.15, 0.2) is 12.2 Å². The van der Waals surface area contributed by atoms with Crippen LogP contribution < -0.4 is 0 Å². The Morgan fingerprint density at radius 2 is 1.93 bits per heavy atom. The third kappa shape index (κ3) is 2.58. The lowest BCUT2D eigenvalue weighted by Gasteiger charge is -2.32. The van der Waals surface area contributed by atoms with E-state index < -0.39 is 0 Å². The molecule has 1 amide bonds. The van der Waals surface area contributed by atoms with E-state index in [0.29, 0.717) is 5.57 Å². The van der Waals surface area contributed by atoms with E-state index in [2.05, 4.69) is 6.58 Å². The van der Waals surface area contributed by atoms with Crippen LogP contribution in [-0.4, -0.2) is 24.1 Å². The molecule has 0 radical (unpaired) electrons. The number of amides is 1. The van der Waals surface area contributed by atoms with Crippen LogP contribution in [0.25, 0.3) is 0 Å². The lowest BCUT2D eigenvalue weighted by Crippen LogP contribution is -2.40. The van der Waals surface area contributed by atoms with E-state index in [9.17, 15) is 4.79 Å². The monoisotopic (exact) mass is 197 g/mol. The van der Waals surface area contributed by atoms with Gasteiger partial charge in [-0.3, -0.25) is 9.63 Å². The summed E-state index contributed by atoms with van der Waals surface area (Å²) in [4.78, 5) is 16.8. The van der Waals surface area contributed by atoms with Crippen molar-refractivity contribution in [1.29, 1.82) is 0 Å². The quantitative estimate of drug-likeness (QED) is 0.513. The van der Waals surface area contributed by atoms with Crippen molar-refractivity contribution in [3.8, 4) is 0 Å². The molecule has 0 spiro atoms. The highest BCUT2D eigenvalue weighted by Gasteiger charge is 2.25. The van der Waals surface area contributed by atoms with Gasteiger partial charge in [0, 0.05) is 5.57 Å². The number of carbonyl (C=O) groups excluding carboxylic acids is 1. The summed E-state index contributed by atoms with van der Waals surface area (Å²) < 4.78 is 0. The molecular weight excluding hydrogens is 178 g/mol. The minimum Gasteiger partial charge on any atom is -0.274 e. The maximum atomic E-state index is 11.7. The molecule has 1 aliphatic carbocycles. The first-order valence-electron chi connectivity index (χ1n) is 5.20. The Labute approximate surface area is 85.7 Å². The predicted octanol–water partition coefficient (Wildman–Crippen LogP) is 2.29. The standard InChI is InChI=1S/C11H19NO2/c1-9(2)11(13)12(14-3)10-7-5-4-6-8-10/h10H,1,4-8H2,2-3H3. The van der Waals surface area contributed by atoms with Gasteiger partial charge in [0.2, 0.25) is 0 Å². The summed E-state index contributed by atoms with van der Waals surface area (Å²) in [6, 6.07) is 0.248. The molecule has 0 heterocycles. The van der Waals surface area contributed by atoms with Crippen LogP contribution in [0.4, 0.5) is 0 Å². The lowest BCUT2D eigenvalue weighted by molar-refractivity contribution is -0.187. The van der Waals surface area contributed by atoms with Gasteiger partial charge in [0.15, 0.2) is 0 Å². The predicted molar refractivity (Wildman–Crippen MR) is 55.5 cm³/mol. The molecule has 1 aliphatic rings. The second-order valence-corrected chi connectivity index (χ2v) is 3.89. The zero-order chi connectivity index (χ0) is 10.6. The molecule has 1 saturated carbocycles. The second-order valence-electron chi connectivity index (χ2n) is 3.89. The van der Waals surface area contributed by atoms with Gasteiger partial charge in [-0.15, -0.1) is 0 Å². The summed E-state index contributed by atoms with van der Waals surface area (Å²) in [5.74, 6) is -0.0839. The molecule has 1 rings (SSSR count). The van der Waals surface area contributed by atoms with Gasteiger partial charge in [-0.1, -0.05) is 25.8 Å². The minimum atomic E-state index is -0.0839. The Morgan fingerprint density at radius 3 is 2.36 bits per heavy atom. The van der Waals surface area contributed by atoms with Gasteiger partial charge in [-0.25, -0.2) is 5.06 Å². The third-order valence-corrected chi connectivity index (χ3v) is 2.67. The Kier molecular flexibility index (Phi) is 4.14. The van der Waals surface area contributed by atoms with Crippen molar-refractivity contribution in [2.24, 2.45) is 0 Å². The zero-order valence-corrected chi connectivity index (χ0v) is 9.08. The van der Waals surface area contributed by atoms with E-state index >= 15 is 0 Å². The number of carbonyl (C=O) groups is 1. The fraction of sp³-hybridized carbons (Fsp3) is 0.727. The number of hydrogen-bond donors (Lipinski definition) is 0. The molecule has 0 unspecified atom stereocenters. The van der Waals surface area contributed by atoms with Crippen molar-refractivity contribution in [2.75, 3.05) is 7.11 Å². The largest absolute Gasteiger partial charge is 0.274 e. The molecule has 3 nitrogen and oxygen atoms in total. The molecule has 0 saturated heterocycles. The van der Waals surface area contributed by atoms with Gasteiger partial charge >= 0.3 is 0 Å². The van der Waals surface area contributed by atoms with E-state index in [-0.39, 0.29) is 11.9 Å². The fourth-order valence-electron chi connectivity index (χ4n) is 1.90. The van der Waals surface area contributed by atoms with Crippen molar-refractivity contribution in [3.63, 3.8) is 0 Å². The Bertz CT molecular complexity index is 219. The molecular formula is C11H19NO2. The number of hydroxylamine groups is 2. The maximum Gasteiger partial charge on any atom is 0.272 e. The van der Waals surface area contributed by atoms with Crippen molar-refractivity contribution in [3.05, 3.63) is 12.2 Å². The first kappa shape index (κ1) is 11.2. The molecule has 0 aromatic heterocycles. The third-order valence-electron chi connectivity index (χ3n) is 2.67. The molecule has 0 aromatic rings. The van der Waals surface area contributed by atoms with Crippen molar-refractivity contribution in [1.82, 2.24) is 5.06 Å². The van der Waals surface area contributed by atoms with Crippen LogP contribution >= 0.6 is 0 Å². The first-order chi connectivity index (χ1) is 6.66.